The maximum absolute atomic E-state index is 11.2. The van der Waals surface area contributed by atoms with Crippen molar-refractivity contribution < 1.29 is 9.53 Å². The Labute approximate surface area is 86.4 Å². The molecular formula is C10H22N2O2. The van der Waals surface area contributed by atoms with E-state index in [1.165, 1.54) is 0 Å². The number of likely N-dealkylation sites (N-methyl/N-ethyl adjacent to an activating group) is 1. The van der Waals surface area contributed by atoms with Crippen molar-refractivity contribution in [3.63, 3.8) is 0 Å². The number of unbranched alkanes of at least 4 members (excludes halogenated alkanes) is 1. The molecule has 1 unspecified atom stereocenters. The molecule has 0 radical (unpaired) electrons. The lowest BCUT2D eigenvalue weighted by Crippen LogP contribution is -2.32. The summed E-state index contributed by atoms with van der Waals surface area (Å²) >= 11 is 0. The Morgan fingerprint density at radius 1 is 1.50 bits per heavy atom. The van der Waals surface area contributed by atoms with Gasteiger partial charge in [0.25, 0.3) is 0 Å². The number of carbonyl (C=O) groups excluding carboxylic acids is 1. The summed E-state index contributed by atoms with van der Waals surface area (Å²) < 4.78 is 5.30. The van der Waals surface area contributed by atoms with E-state index in [0.717, 1.165) is 25.9 Å². The SMILES string of the molecule is CCCCNC(=O)COC(C)CNC. The van der Waals surface area contributed by atoms with Crippen molar-refractivity contribution in [2.45, 2.75) is 32.8 Å². The fourth-order valence-electron chi connectivity index (χ4n) is 1.02. The lowest BCUT2D eigenvalue weighted by Gasteiger charge is -2.12. The highest BCUT2D eigenvalue weighted by Gasteiger charge is 2.04. The summed E-state index contributed by atoms with van der Waals surface area (Å²) in [7, 11) is 1.86. The van der Waals surface area contributed by atoms with Gasteiger partial charge < -0.3 is 15.4 Å². The average Bonchev–Trinajstić information content (AvgIpc) is 2.16. The van der Waals surface area contributed by atoms with Crippen LogP contribution in [-0.4, -0.2) is 38.8 Å². The van der Waals surface area contributed by atoms with Gasteiger partial charge in [-0.25, -0.2) is 0 Å². The van der Waals surface area contributed by atoms with Crippen LogP contribution in [0.25, 0.3) is 0 Å². The molecule has 0 aromatic carbocycles. The molecule has 0 rings (SSSR count). The van der Waals surface area contributed by atoms with Crippen LogP contribution in [0.1, 0.15) is 26.7 Å². The number of nitrogens with one attached hydrogen (secondary N) is 2. The molecule has 4 nitrogen and oxygen atoms in total. The van der Waals surface area contributed by atoms with Crippen molar-refractivity contribution in [2.24, 2.45) is 0 Å². The molecule has 0 spiro atoms. The maximum Gasteiger partial charge on any atom is 0.246 e. The molecule has 1 amide bonds. The van der Waals surface area contributed by atoms with Gasteiger partial charge in [-0.15, -0.1) is 0 Å². The second-order valence-electron chi connectivity index (χ2n) is 3.38. The minimum Gasteiger partial charge on any atom is -0.367 e. The first-order chi connectivity index (χ1) is 6.70. The van der Waals surface area contributed by atoms with Gasteiger partial charge in [-0.2, -0.15) is 0 Å². The molecule has 0 saturated carbocycles. The zero-order chi connectivity index (χ0) is 10.8. The molecule has 0 heterocycles. The molecule has 0 aliphatic heterocycles. The standard InChI is InChI=1S/C10H22N2O2/c1-4-5-6-12-10(13)8-14-9(2)7-11-3/h9,11H,4-8H2,1-3H3,(H,12,13). The molecule has 0 saturated heterocycles. The molecule has 4 heteroatoms. The van der Waals surface area contributed by atoms with E-state index >= 15 is 0 Å². The third-order valence-electron chi connectivity index (χ3n) is 1.84. The highest BCUT2D eigenvalue weighted by molar-refractivity contribution is 5.77. The van der Waals surface area contributed by atoms with E-state index in [4.69, 9.17) is 4.74 Å². The summed E-state index contributed by atoms with van der Waals surface area (Å²) in [6, 6.07) is 0. The summed E-state index contributed by atoms with van der Waals surface area (Å²) in [5, 5.41) is 5.78. The van der Waals surface area contributed by atoms with Crippen LogP contribution in [0.4, 0.5) is 0 Å². The number of hydrogen-bond acceptors (Lipinski definition) is 3. The van der Waals surface area contributed by atoms with Crippen molar-refractivity contribution in [1.82, 2.24) is 10.6 Å². The van der Waals surface area contributed by atoms with E-state index in [9.17, 15) is 4.79 Å². The molecule has 0 aliphatic rings. The summed E-state index contributed by atoms with van der Waals surface area (Å²) in [5.41, 5.74) is 0. The predicted octanol–water partition coefficient (Wildman–Crippen LogP) is 0.527. The van der Waals surface area contributed by atoms with Crippen molar-refractivity contribution in [2.75, 3.05) is 26.7 Å². The van der Waals surface area contributed by atoms with Gasteiger partial charge in [0, 0.05) is 13.1 Å². The minimum atomic E-state index is -0.0265. The van der Waals surface area contributed by atoms with Gasteiger partial charge in [0.05, 0.1) is 6.10 Å². The lowest BCUT2D eigenvalue weighted by atomic mass is 10.3. The Morgan fingerprint density at radius 2 is 2.21 bits per heavy atom. The highest BCUT2D eigenvalue weighted by Crippen LogP contribution is 1.88. The molecule has 0 fully saturated rings. The first kappa shape index (κ1) is 13.4. The minimum absolute atomic E-state index is 0.0265. The van der Waals surface area contributed by atoms with Crippen LogP contribution in [0.15, 0.2) is 0 Å². The topological polar surface area (TPSA) is 50.4 Å². The summed E-state index contributed by atoms with van der Waals surface area (Å²) in [4.78, 5) is 11.2. The van der Waals surface area contributed by atoms with Crippen LogP contribution < -0.4 is 10.6 Å². The average molecular weight is 202 g/mol. The van der Waals surface area contributed by atoms with E-state index in [1.807, 2.05) is 14.0 Å². The van der Waals surface area contributed by atoms with E-state index < -0.39 is 0 Å². The van der Waals surface area contributed by atoms with Gasteiger partial charge in [0.15, 0.2) is 0 Å². The van der Waals surface area contributed by atoms with Gasteiger partial charge in [-0.1, -0.05) is 13.3 Å². The molecule has 0 aromatic rings. The Hall–Kier alpha value is -0.610. The van der Waals surface area contributed by atoms with Crippen molar-refractivity contribution in [3.8, 4) is 0 Å². The van der Waals surface area contributed by atoms with Crippen molar-refractivity contribution in [1.29, 1.82) is 0 Å². The summed E-state index contributed by atoms with van der Waals surface area (Å²) in [6.45, 7) is 5.71. The van der Waals surface area contributed by atoms with Crippen LogP contribution in [0.3, 0.4) is 0 Å². The van der Waals surface area contributed by atoms with Crippen LogP contribution in [0.5, 0.6) is 0 Å². The maximum atomic E-state index is 11.2. The molecule has 0 aromatic heterocycles. The molecule has 14 heavy (non-hydrogen) atoms. The van der Waals surface area contributed by atoms with Crippen molar-refractivity contribution >= 4 is 5.91 Å². The molecular weight excluding hydrogens is 180 g/mol. The lowest BCUT2D eigenvalue weighted by molar-refractivity contribution is -0.127. The number of rotatable bonds is 8. The first-order valence-corrected chi connectivity index (χ1v) is 5.23. The quantitative estimate of drug-likeness (QED) is 0.564. The second kappa shape index (κ2) is 8.97. The molecule has 84 valence electrons. The largest absolute Gasteiger partial charge is 0.367 e. The van der Waals surface area contributed by atoms with Gasteiger partial charge >= 0.3 is 0 Å². The fourth-order valence-corrected chi connectivity index (χ4v) is 1.02. The van der Waals surface area contributed by atoms with Crippen LogP contribution >= 0.6 is 0 Å². The Bertz CT molecular complexity index is 151. The first-order valence-electron chi connectivity index (χ1n) is 5.23. The zero-order valence-corrected chi connectivity index (χ0v) is 9.43. The Balaban J connectivity index is 3.34. The van der Waals surface area contributed by atoms with E-state index in [0.29, 0.717) is 0 Å². The third kappa shape index (κ3) is 8.01. The fraction of sp³-hybridized carbons (Fsp3) is 0.900. The van der Waals surface area contributed by atoms with Gasteiger partial charge in [0.1, 0.15) is 6.61 Å². The third-order valence-corrected chi connectivity index (χ3v) is 1.84. The number of carbonyl (C=O) groups is 1. The smallest absolute Gasteiger partial charge is 0.246 e. The van der Waals surface area contributed by atoms with E-state index in [2.05, 4.69) is 17.6 Å². The van der Waals surface area contributed by atoms with E-state index in [-0.39, 0.29) is 18.6 Å². The Kier molecular flexibility index (Phi) is 8.57. The Morgan fingerprint density at radius 3 is 2.79 bits per heavy atom. The highest BCUT2D eigenvalue weighted by atomic mass is 16.5. The van der Waals surface area contributed by atoms with Gasteiger partial charge in [0.2, 0.25) is 5.91 Å². The number of amides is 1. The van der Waals surface area contributed by atoms with Crippen LogP contribution in [0.2, 0.25) is 0 Å². The van der Waals surface area contributed by atoms with Crippen LogP contribution in [0, 0.1) is 0 Å². The summed E-state index contributed by atoms with van der Waals surface area (Å²) in [6.07, 6.45) is 2.20. The number of ether oxygens (including phenoxy) is 1. The monoisotopic (exact) mass is 202 g/mol. The zero-order valence-electron chi connectivity index (χ0n) is 9.43. The molecule has 1 atom stereocenters. The van der Waals surface area contributed by atoms with E-state index in [1.54, 1.807) is 0 Å². The predicted molar refractivity (Wildman–Crippen MR) is 57.3 cm³/mol. The van der Waals surface area contributed by atoms with Gasteiger partial charge in [-0.05, 0) is 20.4 Å². The normalized spacial score (nSPS) is 12.5. The van der Waals surface area contributed by atoms with Crippen molar-refractivity contribution in [3.05, 3.63) is 0 Å². The molecule has 0 bridgehead atoms. The second-order valence-corrected chi connectivity index (χ2v) is 3.38. The van der Waals surface area contributed by atoms with Gasteiger partial charge in [-0.3, -0.25) is 4.79 Å². The molecule has 2 N–H and O–H groups in total. The van der Waals surface area contributed by atoms with Crippen LogP contribution in [-0.2, 0) is 9.53 Å². The molecule has 0 aliphatic carbocycles. The number of hydrogen-bond donors (Lipinski definition) is 2. The summed E-state index contributed by atoms with van der Waals surface area (Å²) in [5.74, 6) is -0.0265.